The maximum atomic E-state index is 13.1. The molecule has 1 aromatic rings. The molecule has 0 saturated carbocycles. The van der Waals surface area contributed by atoms with Crippen molar-refractivity contribution in [3.05, 3.63) is 34.9 Å². The average Bonchev–Trinajstić information content (AvgIpc) is 2.51. The van der Waals surface area contributed by atoms with Gasteiger partial charge in [0.05, 0.1) is 37.6 Å². The number of hydrogen-bond donors (Lipinski definition) is 0. The van der Waals surface area contributed by atoms with Gasteiger partial charge < -0.3 is 13.8 Å². The van der Waals surface area contributed by atoms with Crippen LogP contribution in [0.1, 0.15) is 35.3 Å². The third-order valence-corrected chi connectivity index (χ3v) is 5.21. The Bertz CT molecular complexity index is 606. The van der Waals surface area contributed by atoms with Crippen molar-refractivity contribution in [2.24, 2.45) is 0 Å². The minimum absolute atomic E-state index is 0.0110. The molecule has 0 aliphatic carbocycles. The van der Waals surface area contributed by atoms with Crippen LogP contribution >= 0.6 is 7.60 Å². The van der Waals surface area contributed by atoms with Crippen molar-refractivity contribution >= 4 is 13.6 Å². The Hall–Kier alpha value is -1.37. The Morgan fingerprint density at radius 3 is 2.21 bits per heavy atom. The number of rotatable bonds is 8. The number of benzene rings is 1. The standard InChI is InChI=1S/C15H20F3O5P/c1-4-22-24(20,23-5-2)9-8-11-10-12(14(19)21-3)6-7-13(11)15(16,17)18/h6-7,10H,4-5,8-9H2,1-3H3. The molecule has 0 N–H and O–H groups in total. The molecular formula is C15H20F3O5P. The Morgan fingerprint density at radius 2 is 1.75 bits per heavy atom. The highest BCUT2D eigenvalue weighted by atomic mass is 31.2. The first-order valence-electron chi connectivity index (χ1n) is 7.33. The zero-order valence-electron chi connectivity index (χ0n) is 13.7. The van der Waals surface area contributed by atoms with E-state index in [9.17, 15) is 22.5 Å². The van der Waals surface area contributed by atoms with Crippen molar-refractivity contribution < 1.29 is 36.3 Å². The smallest absolute Gasteiger partial charge is 0.416 e. The van der Waals surface area contributed by atoms with Crippen molar-refractivity contribution in [3.8, 4) is 0 Å². The molecule has 0 saturated heterocycles. The van der Waals surface area contributed by atoms with Gasteiger partial charge in [-0.2, -0.15) is 13.2 Å². The minimum atomic E-state index is -4.59. The fourth-order valence-corrected chi connectivity index (χ4v) is 3.77. The second kappa shape index (κ2) is 8.65. The molecule has 24 heavy (non-hydrogen) atoms. The molecule has 0 aromatic heterocycles. The number of hydrogen-bond acceptors (Lipinski definition) is 5. The zero-order chi connectivity index (χ0) is 18.4. The largest absolute Gasteiger partial charge is 0.465 e. The molecule has 0 atom stereocenters. The number of carbonyl (C=O) groups excluding carboxylic acids is 1. The van der Waals surface area contributed by atoms with Gasteiger partial charge in [-0.3, -0.25) is 4.57 Å². The second-order valence-electron chi connectivity index (χ2n) is 4.78. The molecule has 9 heteroatoms. The molecule has 0 aliphatic rings. The maximum absolute atomic E-state index is 13.1. The minimum Gasteiger partial charge on any atom is -0.465 e. The van der Waals surface area contributed by atoms with Gasteiger partial charge in [0, 0.05) is 0 Å². The van der Waals surface area contributed by atoms with E-state index < -0.39 is 25.3 Å². The first-order chi connectivity index (χ1) is 11.2. The summed E-state index contributed by atoms with van der Waals surface area (Å²) in [6, 6.07) is 2.95. The molecule has 0 amide bonds. The molecule has 0 bridgehead atoms. The monoisotopic (exact) mass is 368 g/mol. The highest BCUT2D eigenvalue weighted by Crippen LogP contribution is 2.48. The molecule has 5 nitrogen and oxygen atoms in total. The van der Waals surface area contributed by atoms with Gasteiger partial charge in [-0.05, 0) is 44.0 Å². The SMILES string of the molecule is CCOP(=O)(CCc1cc(C(=O)OC)ccc1C(F)(F)F)OCC. The Balaban J connectivity index is 3.14. The van der Waals surface area contributed by atoms with Gasteiger partial charge >= 0.3 is 19.7 Å². The normalized spacial score (nSPS) is 12.2. The van der Waals surface area contributed by atoms with Crippen LogP contribution in [0.15, 0.2) is 18.2 Å². The van der Waals surface area contributed by atoms with Crippen LogP contribution in [-0.2, 0) is 30.9 Å². The molecule has 1 rings (SSSR count). The molecule has 1 aromatic carbocycles. The number of aryl methyl sites for hydroxylation is 1. The van der Waals surface area contributed by atoms with Crippen molar-refractivity contribution in [1.82, 2.24) is 0 Å². The van der Waals surface area contributed by atoms with Crippen molar-refractivity contribution in [1.29, 1.82) is 0 Å². The van der Waals surface area contributed by atoms with Crippen LogP contribution in [-0.4, -0.2) is 32.5 Å². The van der Waals surface area contributed by atoms with E-state index in [-0.39, 0.29) is 36.9 Å². The summed E-state index contributed by atoms with van der Waals surface area (Å²) in [6.45, 7) is 3.46. The van der Waals surface area contributed by atoms with E-state index in [1.807, 2.05) is 0 Å². The van der Waals surface area contributed by atoms with Gasteiger partial charge in [0.1, 0.15) is 0 Å². The van der Waals surface area contributed by atoms with E-state index in [1.165, 1.54) is 0 Å². The van der Waals surface area contributed by atoms with E-state index in [0.717, 1.165) is 25.3 Å². The first-order valence-corrected chi connectivity index (χ1v) is 9.06. The predicted molar refractivity (Wildman–Crippen MR) is 82.2 cm³/mol. The molecule has 0 heterocycles. The van der Waals surface area contributed by atoms with Crippen LogP contribution < -0.4 is 0 Å². The second-order valence-corrected chi connectivity index (χ2v) is 6.97. The number of methoxy groups -OCH3 is 1. The highest BCUT2D eigenvalue weighted by molar-refractivity contribution is 7.53. The average molecular weight is 368 g/mol. The number of alkyl halides is 3. The fourth-order valence-electron chi connectivity index (χ4n) is 2.14. The van der Waals surface area contributed by atoms with Gasteiger partial charge in [-0.15, -0.1) is 0 Å². The van der Waals surface area contributed by atoms with Gasteiger partial charge in [0.15, 0.2) is 0 Å². The molecular weight excluding hydrogens is 348 g/mol. The Labute approximate surface area is 138 Å². The summed E-state index contributed by atoms with van der Waals surface area (Å²) in [5.74, 6) is -0.747. The van der Waals surface area contributed by atoms with Crippen molar-refractivity contribution in [2.75, 3.05) is 26.5 Å². The van der Waals surface area contributed by atoms with Crippen LogP contribution in [0.3, 0.4) is 0 Å². The van der Waals surface area contributed by atoms with Crippen LogP contribution in [0.4, 0.5) is 13.2 Å². The zero-order valence-corrected chi connectivity index (χ0v) is 14.6. The summed E-state index contributed by atoms with van der Waals surface area (Å²) >= 11 is 0. The van der Waals surface area contributed by atoms with E-state index in [2.05, 4.69) is 4.74 Å². The van der Waals surface area contributed by atoms with Gasteiger partial charge in [0.25, 0.3) is 0 Å². The first kappa shape index (κ1) is 20.7. The quantitative estimate of drug-likeness (QED) is 0.506. The molecule has 0 aliphatic heterocycles. The van der Waals surface area contributed by atoms with E-state index in [1.54, 1.807) is 13.8 Å². The summed E-state index contributed by atoms with van der Waals surface area (Å²) in [7, 11) is -2.35. The summed E-state index contributed by atoms with van der Waals surface area (Å²) in [5, 5.41) is 0. The lowest BCUT2D eigenvalue weighted by Gasteiger charge is -2.19. The highest BCUT2D eigenvalue weighted by Gasteiger charge is 2.34. The number of carbonyl (C=O) groups is 1. The molecule has 136 valence electrons. The van der Waals surface area contributed by atoms with E-state index >= 15 is 0 Å². The van der Waals surface area contributed by atoms with Gasteiger partial charge in [-0.25, -0.2) is 4.79 Å². The third-order valence-electron chi connectivity index (χ3n) is 3.14. The molecule has 0 unspecified atom stereocenters. The van der Waals surface area contributed by atoms with E-state index in [0.29, 0.717) is 0 Å². The van der Waals surface area contributed by atoms with Crippen LogP contribution in [0, 0.1) is 0 Å². The summed E-state index contributed by atoms with van der Waals surface area (Å²) < 4.78 is 66.5. The fraction of sp³-hybridized carbons (Fsp3) is 0.533. The van der Waals surface area contributed by atoms with E-state index in [4.69, 9.17) is 9.05 Å². The number of esters is 1. The van der Waals surface area contributed by atoms with Crippen LogP contribution in [0.5, 0.6) is 0 Å². The molecule has 0 spiro atoms. The lowest BCUT2D eigenvalue weighted by molar-refractivity contribution is -0.138. The third kappa shape index (κ3) is 5.61. The maximum Gasteiger partial charge on any atom is 0.416 e. The molecule has 0 radical (unpaired) electrons. The summed E-state index contributed by atoms with van der Waals surface area (Å²) in [6.07, 6.45) is -5.02. The predicted octanol–water partition coefficient (Wildman–Crippen LogP) is 4.30. The Kier molecular flexibility index (Phi) is 7.45. The van der Waals surface area contributed by atoms with Crippen LogP contribution in [0.25, 0.3) is 0 Å². The van der Waals surface area contributed by atoms with Crippen molar-refractivity contribution in [3.63, 3.8) is 0 Å². The number of halogens is 3. The van der Waals surface area contributed by atoms with Gasteiger partial charge in [-0.1, -0.05) is 0 Å². The van der Waals surface area contributed by atoms with Gasteiger partial charge in [0.2, 0.25) is 0 Å². The lowest BCUT2D eigenvalue weighted by atomic mass is 10.0. The lowest BCUT2D eigenvalue weighted by Crippen LogP contribution is -2.13. The number of ether oxygens (including phenoxy) is 1. The summed E-state index contributed by atoms with van der Waals surface area (Å²) in [5.41, 5.74) is -1.07. The topological polar surface area (TPSA) is 61.8 Å². The van der Waals surface area contributed by atoms with Crippen LogP contribution in [0.2, 0.25) is 0 Å². The molecule has 0 fully saturated rings. The Morgan fingerprint density at radius 1 is 1.17 bits per heavy atom. The summed E-state index contributed by atoms with van der Waals surface area (Å²) in [4.78, 5) is 11.5. The van der Waals surface area contributed by atoms with Crippen molar-refractivity contribution in [2.45, 2.75) is 26.4 Å².